The van der Waals surface area contributed by atoms with Gasteiger partial charge in [-0.1, -0.05) is 245 Å². The molecule has 0 fully saturated rings. The Morgan fingerprint density at radius 3 is 0.796 bits per heavy atom. The van der Waals surface area contributed by atoms with E-state index in [0.29, 0.717) is 5.41 Å². The van der Waals surface area contributed by atoms with Crippen LogP contribution in [-0.2, 0) is 6.54 Å². The van der Waals surface area contributed by atoms with Gasteiger partial charge in [0.25, 0.3) is 0 Å². The first-order chi connectivity index (χ1) is 24.3. The molecule has 49 heavy (non-hydrogen) atoms. The summed E-state index contributed by atoms with van der Waals surface area (Å²) in [6, 6.07) is 6.61. The second-order valence-corrected chi connectivity index (χ2v) is 16.6. The lowest BCUT2D eigenvalue weighted by atomic mass is 9.71. The zero-order valence-corrected chi connectivity index (χ0v) is 34.4. The van der Waals surface area contributed by atoms with Crippen LogP contribution in [0.1, 0.15) is 265 Å². The molecule has 0 saturated heterocycles. The van der Waals surface area contributed by atoms with Gasteiger partial charge in [-0.3, -0.25) is 0 Å². The third kappa shape index (κ3) is 30.5. The maximum Gasteiger partial charge on any atom is 0.168 e. The summed E-state index contributed by atoms with van der Waals surface area (Å²) >= 11 is 0. The largest absolute Gasteiger partial charge is 0.205 e. The highest BCUT2D eigenvalue weighted by Crippen LogP contribution is 2.41. The van der Waals surface area contributed by atoms with Crippen molar-refractivity contribution in [3.63, 3.8) is 0 Å². The summed E-state index contributed by atoms with van der Waals surface area (Å²) < 4.78 is 2.47. The molecule has 1 heteroatoms. The van der Waals surface area contributed by atoms with Gasteiger partial charge in [0.1, 0.15) is 6.54 Å². The van der Waals surface area contributed by atoms with Crippen molar-refractivity contribution in [3.8, 4) is 0 Å². The van der Waals surface area contributed by atoms with E-state index in [2.05, 4.69) is 55.9 Å². The molecule has 1 aromatic rings. The molecule has 0 N–H and O–H groups in total. The van der Waals surface area contributed by atoms with E-state index in [4.69, 9.17) is 0 Å². The molecule has 0 spiro atoms. The molecule has 0 aromatic carbocycles. The van der Waals surface area contributed by atoms with Gasteiger partial charge in [-0.25, -0.2) is 4.57 Å². The number of hydrogen-bond donors (Lipinski definition) is 0. The smallest absolute Gasteiger partial charge is 0.168 e. The summed E-state index contributed by atoms with van der Waals surface area (Å²) in [5.74, 6) is 0. The Bertz CT molecular complexity index is 711. The molecule has 0 bridgehead atoms. The van der Waals surface area contributed by atoms with Crippen molar-refractivity contribution in [1.82, 2.24) is 0 Å². The van der Waals surface area contributed by atoms with Crippen LogP contribution >= 0.6 is 0 Å². The van der Waals surface area contributed by atoms with E-state index < -0.39 is 0 Å². The maximum absolute atomic E-state index is 2.47. The van der Waals surface area contributed by atoms with E-state index >= 15 is 0 Å². The predicted molar refractivity (Wildman–Crippen MR) is 222 cm³/mol. The summed E-state index contributed by atoms with van der Waals surface area (Å²) in [6.45, 7) is 8.18. The molecule has 1 heterocycles. The first kappa shape index (κ1) is 46.2. The standard InChI is InChI=1S/C48H92N/c1-4-7-10-13-16-19-21-23-25-27-30-33-37-42-48(44-47-49-45-39-35-40-46-49,41-36-32-29-18-15-12-9-6-3)43-38-34-31-28-26-24-22-20-17-14-11-8-5-2/h35,39-40,45-46H,4-34,36-38,41-44,47H2,1-3H3/q+1. The van der Waals surface area contributed by atoms with Gasteiger partial charge in [0.05, 0.1) is 0 Å². The fraction of sp³-hybridized carbons (Fsp3) is 0.896. The van der Waals surface area contributed by atoms with Crippen molar-refractivity contribution < 1.29 is 4.57 Å². The Kier molecular flexibility index (Phi) is 34.8. The molecule has 1 aromatic heterocycles. The number of aromatic nitrogens is 1. The Hall–Kier alpha value is -0.850. The highest BCUT2D eigenvalue weighted by atomic mass is 14.9. The molecule has 0 radical (unpaired) electrons. The first-order valence-electron chi connectivity index (χ1n) is 23.2. The van der Waals surface area contributed by atoms with Crippen LogP contribution in [0, 0.1) is 5.41 Å². The normalized spacial score (nSPS) is 11.9. The van der Waals surface area contributed by atoms with Crippen LogP contribution in [0.3, 0.4) is 0 Å². The number of pyridine rings is 1. The molecule has 288 valence electrons. The van der Waals surface area contributed by atoms with E-state index in [1.165, 1.54) is 251 Å². The Labute approximate surface area is 311 Å². The van der Waals surface area contributed by atoms with Gasteiger partial charge in [0.2, 0.25) is 0 Å². The van der Waals surface area contributed by atoms with Gasteiger partial charge in [0.15, 0.2) is 12.4 Å². The van der Waals surface area contributed by atoms with E-state index in [1.807, 2.05) is 0 Å². The van der Waals surface area contributed by atoms with Gasteiger partial charge in [-0.15, -0.1) is 0 Å². The van der Waals surface area contributed by atoms with Crippen LogP contribution in [0.15, 0.2) is 30.6 Å². The fourth-order valence-electron chi connectivity index (χ4n) is 8.37. The highest BCUT2D eigenvalue weighted by molar-refractivity contribution is 4.84. The predicted octanol–water partition coefficient (Wildman–Crippen LogP) is 16.8. The second-order valence-electron chi connectivity index (χ2n) is 16.6. The monoisotopic (exact) mass is 683 g/mol. The molecule has 0 aliphatic carbocycles. The lowest BCUT2D eigenvalue weighted by Crippen LogP contribution is -2.36. The molecule has 0 saturated carbocycles. The molecule has 1 nitrogen and oxygen atoms in total. The molecular weight excluding hydrogens is 591 g/mol. The molecule has 1 rings (SSSR count). The summed E-state index contributed by atoms with van der Waals surface area (Å²) in [5.41, 5.74) is 0.556. The van der Waals surface area contributed by atoms with Crippen molar-refractivity contribution in [2.75, 3.05) is 0 Å². The zero-order valence-electron chi connectivity index (χ0n) is 34.4. The third-order valence-corrected chi connectivity index (χ3v) is 11.9. The van der Waals surface area contributed by atoms with Gasteiger partial charge < -0.3 is 0 Å². The van der Waals surface area contributed by atoms with Gasteiger partial charge >= 0.3 is 0 Å². The summed E-state index contributed by atoms with van der Waals surface area (Å²) in [7, 11) is 0. The van der Waals surface area contributed by atoms with Crippen LogP contribution in [0.4, 0.5) is 0 Å². The molecule has 0 atom stereocenters. The minimum absolute atomic E-state index is 0.556. The van der Waals surface area contributed by atoms with Crippen LogP contribution in [0.25, 0.3) is 0 Å². The van der Waals surface area contributed by atoms with E-state index in [9.17, 15) is 0 Å². The lowest BCUT2D eigenvalue weighted by molar-refractivity contribution is -0.699. The number of rotatable bonds is 40. The van der Waals surface area contributed by atoms with Gasteiger partial charge in [-0.2, -0.15) is 0 Å². The second kappa shape index (κ2) is 36.9. The minimum atomic E-state index is 0.556. The molecule has 0 aliphatic heterocycles. The van der Waals surface area contributed by atoms with Crippen molar-refractivity contribution in [2.24, 2.45) is 5.41 Å². The molecule has 0 aliphatic rings. The molecule has 0 unspecified atom stereocenters. The van der Waals surface area contributed by atoms with Crippen molar-refractivity contribution >= 4 is 0 Å². The molecule has 0 amide bonds. The van der Waals surface area contributed by atoms with E-state index in [-0.39, 0.29) is 0 Å². The van der Waals surface area contributed by atoms with Crippen molar-refractivity contribution in [1.29, 1.82) is 0 Å². The topological polar surface area (TPSA) is 3.88 Å². The van der Waals surface area contributed by atoms with Crippen LogP contribution in [-0.4, -0.2) is 0 Å². The van der Waals surface area contributed by atoms with E-state index in [0.717, 1.165) is 0 Å². The van der Waals surface area contributed by atoms with Crippen LogP contribution < -0.4 is 4.57 Å². The average molecular weight is 683 g/mol. The Morgan fingerprint density at radius 2 is 0.531 bits per heavy atom. The Balaban J connectivity index is 2.52. The zero-order chi connectivity index (χ0) is 35.2. The lowest BCUT2D eigenvalue weighted by Gasteiger charge is -2.34. The Morgan fingerprint density at radius 1 is 0.286 bits per heavy atom. The number of hydrogen-bond acceptors (Lipinski definition) is 0. The van der Waals surface area contributed by atoms with Gasteiger partial charge in [0, 0.05) is 18.6 Å². The maximum atomic E-state index is 2.47. The van der Waals surface area contributed by atoms with Crippen molar-refractivity contribution in [2.45, 2.75) is 271 Å². The number of nitrogens with zero attached hydrogens (tertiary/aromatic N) is 1. The quantitative estimate of drug-likeness (QED) is 0.0479. The summed E-state index contributed by atoms with van der Waals surface area (Å²) in [6.07, 6.45) is 59.9. The number of unbranched alkanes of at least 4 members (excludes halogenated alkanes) is 31. The van der Waals surface area contributed by atoms with E-state index in [1.54, 1.807) is 0 Å². The first-order valence-corrected chi connectivity index (χ1v) is 23.2. The minimum Gasteiger partial charge on any atom is -0.205 e. The molecular formula is C48H92N+. The van der Waals surface area contributed by atoms with Crippen LogP contribution in [0.2, 0.25) is 0 Å². The van der Waals surface area contributed by atoms with Crippen LogP contribution in [0.5, 0.6) is 0 Å². The van der Waals surface area contributed by atoms with Gasteiger partial charge in [-0.05, 0) is 24.7 Å². The van der Waals surface area contributed by atoms with Crippen molar-refractivity contribution in [3.05, 3.63) is 30.6 Å². The third-order valence-electron chi connectivity index (χ3n) is 11.9. The highest BCUT2D eigenvalue weighted by Gasteiger charge is 2.30. The fourth-order valence-corrected chi connectivity index (χ4v) is 8.37. The SMILES string of the molecule is CCCCCCCCCCCCCCCC(CCCCCCCCCC)(CCCCCCCCCCCCCCC)CC[n+]1ccccc1. The summed E-state index contributed by atoms with van der Waals surface area (Å²) in [5, 5.41) is 0. The number of aryl methyl sites for hydroxylation is 1. The average Bonchev–Trinajstić information content (AvgIpc) is 3.12. The summed E-state index contributed by atoms with van der Waals surface area (Å²) in [4.78, 5) is 0.